The molecule has 0 aliphatic carbocycles. The Kier molecular flexibility index (Phi) is 4.51. The first-order chi connectivity index (χ1) is 7.15. The highest BCUT2D eigenvalue weighted by Gasteiger charge is 2.13. The van der Waals surface area contributed by atoms with E-state index in [0.717, 1.165) is 0 Å². The van der Waals surface area contributed by atoms with Crippen molar-refractivity contribution in [2.24, 2.45) is 0 Å². The molecule has 15 heavy (non-hydrogen) atoms. The Morgan fingerprint density at radius 3 is 2.93 bits per heavy atom. The largest absolute Gasteiger partial charge is 0.477 e. The number of halogens is 1. The zero-order valence-electron chi connectivity index (χ0n) is 8.07. The van der Waals surface area contributed by atoms with Gasteiger partial charge in [0.1, 0.15) is 12.2 Å². The van der Waals surface area contributed by atoms with E-state index >= 15 is 0 Å². The van der Waals surface area contributed by atoms with Crippen LogP contribution < -0.4 is 4.74 Å². The number of carboxylic acids is 1. The van der Waals surface area contributed by atoms with Crippen LogP contribution in [0, 0.1) is 0 Å². The molecule has 82 valence electrons. The van der Waals surface area contributed by atoms with Crippen molar-refractivity contribution in [2.45, 2.75) is 0 Å². The summed E-state index contributed by atoms with van der Waals surface area (Å²) in [6, 6.07) is 1.44. The summed E-state index contributed by atoms with van der Waals surface area (Å²) in [5.41, 5.74) is 0.0282. The highest BCUT2D eigenvalue weighted by atomic mass is 79.9. The van der Waals surface area contributed by atoms with Crippen LogP contribution >= 0.6 is 15.9 Å². The zero-order valence-corrected chi connectivity index (χ0v) is 9.65. The van der Waals surface area contributed by atoms with E-state index in [-0.39, 0.29) is 18.1 Å². The molecule has 0 bridgehead atoms. The van der Waals surface area contributed by atoms with E-state index in [1.807, 2.05) is 0 Å². The molecule has 1 heterocycles. The van der Waals surface area contributed by atoms with E-state index in [0.29, 0.717) is 11.1 Å². The Hall–Kier alpha value is -1.14. The molecule has 0 radical (unpaired) electrons. The van der Waals surface area contributed by atoms with Gasteiger partial charge in [0, 0.05) is 17.8 Å². The standard InChI is InChI=1S/C9H10BrNO4/c1-14-2-3-15-8-7(9(12)13)4-6(10)5-11-8/h4-5H,2-3H2,1H3,(H,12,13). The van der Waals surface area contributed by atoms with Crippen LogP contribution in [0.15, 0.2) is 16.7 Å². The van der Waals surface area contributed by atoms with Crippen molar-refractivity contribution in [3.8, 4) is 5.88 Å². The molecule has 0 aliphatic heterocycles. The Balaban J connectivity index is 2.81. The van der Waals surface area contributed by atoms with Crippen molar-refractivity contribution in [2.75, 3.05) is 20.3 Å². The normalized spacial score (nSPS) is 10.0. The van der Waals surface area contributed by atoms with Crippen LogP contribution in [-0.2, 0) is 4.74 Å². The van der Waals surface area contributed by atoms with E-state index in [1.54, 1.807) is 0 Å². The number of nitrogens with zero attached hydrogens (tertiary/aromatic N) is 1. The summed E-state index contributed by atoms with van der Waals surface area (Å²) in [6.07, 6.45) is 1.48. The van der Waals surface area contributed by atoms with Crippen molar-refractivity contribution in [1.29, 1.82) is 0 Å². The minimum Gasteiger partial charge on any atom is -0.477 e. The van der Waals surface area contributed by atoms with Gasteiger partial charge in [0.25, 0.3) is 0 Å². The lowest BCUT2D eigenvalue weighted by atomic mass is 10.3. The minimum absolute atomic E-state index is 0.0282. The van der Waals surface area contributed by atoms with Crippen molar-refractivity contribution in [1.82, 2.24) is 4.98 Å². The summed E-state index contributed by atoms with van der Waals surface area (Å²) in [7, 11) is 1.54. The third-order valence-corrected chi connectivity index (χ3v) is 2.01. The zero-order chi connectivity index (χ0) is 11.3. The molecule has 0 aliphatic rings. The number of aromatic nitrogens is 1. The molecule has 1 N–H and O–H groups in total. The Morgan fingerprint density at radius 2 is 2.33 bits per heavy atom. The quantitative estimate of drug-likeness (QED) is 0.827. The number of rotatable bonds is 5. The van der Waals surface area contributed by atoms with Crippen LogP contribution in [0.4, 0.5) is 0 Å². The lowest BCUT2D eigenvalue weighted by molar-refractivity contribution is 0.0688. The van der Waals surface area contributed by atoms with Crippen molar-refractivity contribution in [3.63, 3.8) is 0 Å². The molecule has 5 nitrogen and oxygen atoms in total. The number of methoxy groups -OCH3 is 1. The Bertz CT molecular complexity index is 356. The summed E-state index contributed by atoms with van der Waals surface area (Å²) in [5, 5.41) is 8.87. The van der Waals surface area contributed by atoms with Gasteiger partial charge < -0.3 is 14.6 Å². The summed E-state index contributed by atoms with van der Waals surface area (Å²) in [6.45, 7) is 0.655. The second-order valence-electron chi connectivity index (χ2n) is 2.65. The van der Waals surface area contributed by atoms with Gasteiger partial charge in [-0.05, 0) is 22.0 Å². The van der Waals surface area contributed by atoms with Crippen LogP contribution in [0.1, 0.15) is 10.4 Å². The van der Waals surface area contributed by atoms with Crippen LogP contribution in [0.2, 0.25) is 0 Å². The number of carbonyl (C=O) groups is 1. The maximum Gasteiger partial charge on any atom is 0.341 e. The van der Waals surface area contributed by atoms with Crippen LogP contribution in [0.5, 0.6) is 5.88 Å². The second-order valence-corrected chi connectivity index (χ2v) is 3.57. The second kappa shape index (κ2) is 5.67. The first-order valence-corrected chi connectivity index (χ1v) is 4.95. The SMILES string of the molecule is COCCOc1ncc(Br)cc1C(=O)O. The van der Waals surface area contributed by atoms with Gasteiger partial charge in [0.05, 0.1) is 6.61 Å². The average molecular weight is 276 g/mol. The molecule has 0 spiro atoms. The first-order valence-electron chi connectivity index (χ1n) is 4.15. The van der Waals surface area contributed by atoms with Gasteiger partial charge in [-0.1, -0.05) is 0 Å². The van der Waals surface area contributed by atoms with E-state index in [1.165, 1.54) is 19.4 Å². The lowest BCUT2D eigenvalue weighted by Gasteiger charge is -2.07. The number of hydrogen-bond donors (Lipinski definition) is 1. The van der Waals surface area contributed by atoms with Gasteiger partial charge in [0.15, 0.2) is 0 Å². The van der Waals surface area contributed by atoms with Crippen molar-refractivity contribution < 1.29 is 19.4 Å². The van der Waals surface area contributed by atoms with Crippen LogP contribution in [0.25, 0.3) is 0 Å². The number of pyridine rings is 1. The van der Waals surface area contributed by atoms with Crippen molar-refractivity contribution in [3.05, 3.63) is 22.3 Å². The van der Waals surface area contributed by atoms with Gasteiger partial charge in [0.2, 0.25) is 5.88 Å². The smallest absolute Gasteiger partial charge is 0.341 e. The molecular weight excluding hydrogens is 266 g/mol. The molecule has 1 aromatic rings. The fourth-order valence-corrected chi connectivity index (χ4v) is 1.25. The first kappa shape index (κ1) is 11.9. The monoisotopic (exact) mass is 275 g/mol. The predicted octanol–water partition coefficient (Wildman–Crippen LogP) is 1.57. The maximum atomic E-state index is 10.8. The summed E-state index contributed by atoms with van der Waals surface area (Å²) >= 11 is 3.14. The molecule has 1 rings (SSSR count). The lowest BCUT2D eigenvalue weighted by Crippen LogP contribution is -2.09. The van der Waals surface area contributed by atoms with Gasteiger partial charge in [-0.15, -0.1) is 0 Å². The summed E-state index contributed by atoms with van der Waals surface area (Å²) in [4.78, 5) is 14.7. The molecule has 0 saturated heterocycles. The molecular formula is C9H10BrNO4. The van der Waals surface area contributed by atoms with Crippen LogP contribution in [-0.4, -0.2) is 36.4 Å². The van der Waals surface area contributed by atoms with Crippen LogP contribution in [0.3, 0.4) is 0 Å². The summed E-state index contributed by atoms with van der Waals surface area (Å²) in [5.74, 6) is -0.973. The third-order valence-electron chi connectivity index (χ3n) is 1.57. The van der Waals surface area contributed by atoms with Gasteiger partial charge in [-0.25, -0.2) is 9.78 Å². The molecule has 0 amide bonds. The van der Waals surface area contributed by atoms with Gasteiger partial charge in [-0.2, -0.15) is 0 Å². The molecule has 0 saturated carbocycles. The third kappa shape index (κ3) is 3.49. The average Bonchev–Trinajstić information content (AvgIpc) is 2.20. The van der Waals surface area contributed by atoms with Crippen molar-refractivity contribution >= 4 is 21.9 Å². The van der Waals surface area contributed by atoms with E-state index < -0.39 is 5.97 Å². The Morgan fingerprint density at radius 1 is 1.60 bits per heavy atom. The summed E-state index contributed by atoms with van der Waals surface area (Å²) < 4.78 is 10.5. The highest BCUT2D eigenvalue weighted by Crippen LogP contribution is 2.19. The minimum atomic E-state index is -1.07. The fraction of sp³-hybridized carbons (Fsp3) is 0.333. The number of aromatic carboxylic acids is 1. The molecule has 0 aromatic carbocycles. The predicted molar refractivity (Wildman–Crippen MR) is 56.3 cm³/mol. The molecule has 0 atom stereocenters. The molecule has 0 unspecified atom stereocenters. The molecule has 6 heteroatoms. The van der Waals surface area contributed by atoms with E-state index in [4.69, 9.17) is 14.6 Å². The molecule has 1 aromatic heterocycles. The maximum absolute atomic E-state index is 10.8. The fourth-order valence-electron chi connectivity index (χ4n) is 0.917. The van der Waals surface area contributed by atoms with E-state index in [9.17, 15) is 4.79 Å². The van der Waals surface area contributed by atoms with E-state index in [2.05, 4.69) is 20.9 Å². The van der Waals surface area contributed by atoms with Gasteiger partial charge >= 0.3 is 5.97 Å². The topological polar surface area (TPSA) is 68.7 Å². The van der Waals surface area contributed by atoms with Gasteiger partial charge in [-0.3, -0.25) is 0 Å². The number of hydrogen-bond acceptors (Lipinski definition) is 4. The molecule has 0 fully saturated rings. The number of carboxylic acid groups (broad SMARTS) is 1. The highest BCUT2D eigenvalue weighted by molar-refractivity contribution is 9.10. The number of ether oxygens (including phenoxy) is 2. The Labute approximate surface area is 95.2 Å².